The number of benzene rings is 1. The quantitative estimate of drug-likeness (QED) is 0.899. The van der Waals surface area contributed by atoms with Gasteiger partial charge in [-0.15, -0.1) is 0 Å². The van der Waals surface area contributed by atoms with Gasteiger partial charge in [0.25, 0.3) is 0 Å². The third-order valence-corrected chi connectivity index (χ3v) is 3.51. The first kappa shape index (κ1) is 16.2. The molecule has 0 spiro atoms. The summed E-state index contributed by atoms with van der Waals surface area (Å²) in [6.45, 7) is 3.93. The normalized spacial score (nSPS) is 10.8. The topological polar surface area (TPSA) is 81.8 Å². The molecule has 118 valence electrons. The third kappa shape index (κ3) is 2.74. The van der Waals surface area contributed by atoms with Gasteiger partial charge in [-0.2, -0.15) is 0 Å². The minimum absolute atomic E-state index is 0.0379. The number of aromatic nitrogens is 1. The minimum atomic E-state index is -1.17. The lowest BCUT2D eigenvalue weighted by Gasteiger charge is -2.19. The van der Waals surface area contributed by atoms with E-state index in [2.05, 4.69) is 5.16 Å². The van der Waals surface area contributed by atoms with Gasteiger partial charge in [0.05, 0.1) is 19.2 Å². The summed E-state index contributed by atoms with van der Waals surface area (Å²) in [5.74, 6) is 0.170. The molecule has 0 aliphatic rings. The van der Waals surface area contributed by atoms with E-state index in [-0.39, 0.29) is 17.4 Å². The van der Waals surface area contributed by atoms with Crippen LogP contribution in [0.3, 0.4) is 0 Å². The maximum atomic E-state index is 11.0. The molecule has 0 unspecified atom stereocenters. The largest absolute Gasteiger partial charge is 0.493 e. The SMILES string of the molecule is COc1cc(Cl)c(-c2cc(C(=O)O)no2)c(C(C)C)c1OC. The Bertz CT molecular complexity index is 708. The van der Waals surface area contributed by atoms with Crippen LogP contribution >= 0.6 is 11.6 Å². The highest BCUT2D eigenvalue weighted by atomic mass is 35.5. The molecule has 0 aliphatic carbocycles. The van der Waals surface area contributed by atoms with E-state index in [9.17, 15) is 4.79 Å². The summed E-state index contributed by atoms with van der Waals surface area (Å²) < 4.78 is 15.9. The predicted molar refractivity (Wildman–Crippen MR) is 81.1 cm³/mol. The van der Waals surface area contributed by atoms with Crippen molar-refractivity contribution in [2.45, 2.75) is 19.8 Å². The molecule has 2 aromatic rings. The second-order valence-electron chi connectivity index (χ2n) is 4.92. The van der Waals surface area contributed by atoms with Crippen molar-refractivity contribution < 1.29 is 23.9 Å². The zero-order valence-corrected chi connectivity index (χ0v) is 13.4. The minimum Gasteiger partial charge on any atom is -0.493 e. The smallest absolute Gasteiger partial charge is 0.358 e. The fraction of sp³-hybridized carbons (Fsp3) is 0.333. The van der Waals surface area contributed by atoms with Crippen molar-refractivity contribution >= 4 is 17.6 Å². The number of ether oxygens (including phenoxy) is 2. The monoisotopic (exact) mass is 325 g/mol. The van der Waals surface area contributed by atoms with E-state index in [4.69, 9.17) is 30.7 Å². The molecule has 0 fully saturated rings. The van der Waals surface area contributed by atoms with Crippen molar-refractivity contribution in [3.63, 3.8) is 0 Å². The molecule has 0 aliphatic heterocycles. The van der Waals surface area contributed by atoms with Crippen molar-refractivity contribution in [3.8, 4) is 22.8 Å². The van der Waals surface area contributed by atoms with Crippen LogP contribution < -0.4 is 9.47 Å². The number of halogens is 1. The summed E-state index contributed by atoms with van der Waals surface area (Å²) in [5, 5.41) is 12.9. The zero-order chi connectivity index (χ0) is 16.4. The molecule has 0 radical (unpaired) electrons. The van der Waals surface area contributed by atoms with E-state index in [0.29, 0.717) is 22.1 Å². The first-order valence-electron chi connectivity index (χ1n) is 6.55. The Balaban J connectivity index is 2.75. The van der Waals surface area contributed by atoms with E-state index < -0.39 is 5.97 Å². The predicted octanol–water partition coefficient (Wildman–Crippen LogP) is 3.83. The Morgan fingerprint density at radius 2 is 2.00 bits per heavy atom. The molecule has 1 aromatic heterocycles. The van der Waals surface area contributed by atoms with Gasteiger partial charge in [-0.25, -0.2) is 4.79 Å². The summed E-state index contributed by atoms with van der Waals surface area (Å²) in [4.78, 5) is 11.0. The summed E-state index contributed by atoms with van der Waals surface area (Å²) in [6.07, 6.45) is 0. The Kier molecular flexibility index (Phi) is 4.61. The average molecular weight is 326 g/mol. The van der Waals surface area contributed by atoms with Gasteiger partial charge in [-0.05, 0) is 5.92 Å². The Morgan fingerprint density at radius 3 is 2.45 bits per heavy atom. The van der Waals surface area contributed by atoms with Crippen LogP contribution in [0.15, 0.2) is 16.7 Å². The van der Waals surface area contributed by atoms with Crippen LogP contribution in [0.1, 0.15) is 35.8 Å². The summed E-state index contributed by atoms with van der Waals surface area (Å²) in [7, 11) is 3.05. The van der Waals surface area contributed by atoms with Gasteiger partial charge in [-0.3, -0.25) is 0 Å². The van der Waals surface area contributed by atoms with Crippen LogP contribution in [0.2, 0.25) is 5.02 Å². The van der Waals surface area contributed by atoms with Gasteiger partial charge in [0.2, 0.25) is 0 Å². The molecule has 0 saturated carbocycles. The highest BCUT2D eigenvalue weighted by Crippen LogP contribution is 2.46. The fourth-order valence-electron chi connectivity index (χ4n) is 2.29. The number of carbonyl (C=O) groups is 1. The Labute approximate surface area is 132 Å². The van der Waals surface area contributed by atoms with Gasteiger partial charge in [0, 0.05) is 23.3 Å². The molecular weight excluding hydrogens is 310 g/mol. The van der Waals surface area contributed by atoms with Gasteiger partial charge < -0.3 is 19.1 Å². The first-order chi connectivity index (χ1) is 10.4. The van der Waals surface area contributed by atoms with Gasteiger partial charge in [0.15, 0.2) is 23.0 Å². The third-order valence-electron chi connectivity index (χ3n) is 3.21. The van der Waals surface area contributed by atoms with E-state index in [1.807, 2.05) is 13.8 Å². The van der Waals surface area contributed by atoms with E-state index in [1.165, 1.54) is 20.3 Å². The van der Waals surface area contributed by atoms with Crippen LogP contribution in [0.5, 0.6) is 11.5 Å². The first-order valence-corrected chi connectivity index (χ1v) is 6.93. The number of carboxylic acids is 1. The molecule has 0 amide bonds. The van der Waals surface area contributed by atoms with E-state index in [0.717, 1.165) is 5.56 Å². The molecule has 0 atom stereocenters. The number of nitrogens with zero attached hydrogens (tertiary/aromatic N) is 1. The van der Waals surface area contributed by atoms with Crippen LogP contribution in [0, 0.1) is 0 Å². The molecule has 2 rings (SSSR count). The molecule has 1 aromatic carbocycles. The van der Waals surface area contributed by atoms with Crippen molar-refractivity contribution in [2.75, 3.05) is 14.2 Å². The van der Waals surface area contributed by atoms with Crippen LogP contribution in [-0.2, 0) is 0 Å². The van der Waals surface area contributed by atoms with Crippen LogP contribution in [0.25, 0.3) is 11.3 Å². The van der Waals surface area contributed by atoms with Crippen molar-refractivity contribution in [2.24, 2.45) is 0 Å². The number of rotatable bonds is 5. The fourth-order valence-corrected chi connectivity index (χ4v) is 2.58. The van der Waals surface area contributed by atoms with Crippen LogP contribution in [0.4, 0.5) is 0 Å². The van der Waals surface area contributed by atoms with Crippen molar-refractivity contribution in [1.82, 2.24) is 5.16 Å². The molecule has 0 saturated heterocycles. The lowest BCUT2D eigenvalue weighted by atomic mass is 9.93. The highest BCUT2D eigenvalue weighted by molar-refractivity contribution is 6.33. The second-order valence-corrected chi connectivity index (χ2v) is 5.33. The molecule has 6 nitrogen and oxygen atoms in total. The summed E-state index contributed by atoms with van der Waals surface area (Å²) >= 11 is 6.34. The highest BCUT2D eigenvalue weighted by Gasteiger charge is 2.25. The molecule has 0 bridgehead atoms. The lowest BCUT2D eigenvalue weighted by Crippen LogP contribution is -2.01. The standard InChI is InChI=1S/C15H16ClNO5/c1-7(2)12-13(10-6-9(15(18)19)17-22-10)8(16)5-11(20-3)14(12)21-4/h5-7H,1-4H3,(H,18,19). The van der Waals surface area contributed by atoms with Crippen molar-refractivity contribution in [1.29, 1.82) is 0 Å². The number of aromatic carboxylic acids is 1. The second kappa shape index (κ2) is 6.27. The number of hydrogen-bond acceptors (Lipinski definition) is 5. The Hall–Kier alpha value is -2.21. The van der Waals surface area contributed by atoms with E-state index >= 15 is 0 Å². The number of carboxylic acid groups (broad SMARTS) is 1. The van der Waals surface area contributed by atoms with Gasteiger partial charge in [-0.1, -0.05) is 30.6 Å². The zero-order valence-electron chi connectivity index (χ0n) is 12.6. The summed E-state index contributed by atoms with van der Waals surface area (Å²) in [5.41, 5.74) is 1.13. The molecule has 1 N–H and O–H groups in total. The van der Waals surface area contributed by atoms with Gasteiger partial charge >= 0.3 is 5.97 Å². The number of methoxy groups -OCH3 is 2. The Morgan fingerprint density at radius 1 is 1.32 bits per heavy atom. The maximum Gasteiger partial charge on any atom is 0.358 e. The maximum absolute atomic E-state index is 11.0. The van der Waals surface area contributed by atoms with Crippen LogP contribution in [-0.4, -0.2) is 30.5 Å². The number of hydrogen-bond donors (Lipinski definition) is 1. The van der Waals surface area contributed by atoms with E-state index in [1.54, 1.807) is 6.07 Å². The summed E-state index contributed by atoms with van der Waals surface area (Å²) in [6, 6.07) is 2.94. The molecule has 1 heterocycles. The van der Waals surface area contributed by atoms with Crippen molar-refractivity contribution in [3.05, 3.63) is 28.4 Å². The molecule has 7 heteroatoms. The molecular formula is C15H16ClNO5. The molecule has 22 heavy (non-hydrogen) atoms. The average Bonchev–Trinajstić information content (AvgIpc) is 2.95. The van der Waals surface area contributed by atoms with Gasteiger partial charge in [0.1, 0.15) is 0 Å². The lowest BCUT2D eigenvalue weighted by molar-refractivity contribution is 0.0686.